The Morgan fingerprint density at radius 1 is 1.42 bits per heavy atom. The van der Waals surface area contributed by atoms with Crippen LogP contribution in [0.15, 0.2) is 15.3 Å². The van der Waals surface area contributed by atoms with Gasteiger partial charge in [-0.05, 0) is 0 Å². The number of halogens is 1. The number of benzene rings is 1. The second-order valence-corrected chi connectivity index (χ2v) is 7.17. The fraction of sp³-hybridized carbons (Fsp3) is 0.357. The molecule has 2 aromatic rings. The molecule has 0 saturated carbocycles. The molecule has 5 heteroatoms. The molecule has 0 fully saturated rings. The van der Waals surface area contributed by atoms with Crippen molar-refractivity contribution in [3.63, 3.8) is 0 Å². The summed E-state index contributed by atoms with van der Waals surface area (Å²) in [6.07, 6.45) is 1.11. The zero-order valence-corrected chi connectivity index (χ0v) is 16.4. The summed E-state index contributed by atoms with van der Waals surface area (Å²) in [7, 11) is 0. The van der Waals surface area contributed by atoms with Crippen LogP contribution in [-0.2, 0) is 32.5 Å². The molecule has 0 bridgehead atoms. The van der Waals surface area contributed by atoms with Crippen LogP contribution in [-0.4, -0.2) is 6.10 Å². The summed E-state index contributed by atoms with van der Waals surface area (Å²) < 4.78 is 25.8. The molecule has 0 amide bonds. The van der Waals surface area contributed by atoms with E-state index in [1.807, 2.05) is 13.0 Å². The standard InChI is InChI=1S/C14H12FO3.Hg/c1-6-4-9-5-10-7(2)11(15)14(16)18-13(10)8(3)12(9)17-6;/h5-6H,1,4H2,2-3H3;/q;+1. The first-order chi connectivity index (χ1) is 9.02. The van der Waals surface area contributed by atoms with Gasteiger partial charge < -0.3 is 0 Å². The zero-order chi connectivity index (χ0) is 13.7. The van der Waals surface area contributed by atoms with Crippen molar-refractivity contribution in [3.8, 4) is 5.75 Å². The number of hydrogen-bond acceptors (Lipinski definition) is 3. The Kier molecular flexibility index (Phi) is 3.16. The molecule has 1 aliphatic rings. The molecule has 0 saturated heterocycles. The van der Waals surface area contributed by atoms with Gasteiger partial charge >= 0.3 is 126 Å². The Morgan fingerprint density at radius 3 is 2.84 bits per heavy atom. The Balaban J connectivity index is 2.35. The molecule has 0 spiro atoms. The van der Waals surface area contributed by atoms with Crippen LogP contribution in [0.3, 0.4) is 0 Å². The van der Waals surface area contributed by atoms with Crippen LogP contribution in [0.4, 0.5) is 4.39 Å². The van der Waals surface area contributed by atoms with E-state index in [4.69, 9.17) is 9.15 Å². The number of ether oxygens (including phenoxy) is 1. The first-order valence-electron chi connectivity index (χ1n) is 6.24. The Labute approximate surface area is 125 Å². The molecule has 1 aromatic carbocycles. The number of hydrogen-bond donors (Lipinski definition) is 0. The van der Waals surface area contributed by atoms with Gasteiger partial charge in [0.2, 0.25) is 0 Å². The molecule has 3 nitrogen and oxygen atoms in total. The molecule has 1 aliphatic heterocycles. The van der Waals surface area contributed by atoms with Crippen molar-refractivity contribution < 1.29 is 39.7 Å². The third kappa shape index (κ3) is 1.92. The number of aryl methyl sites for hydroxylation is 2. The first-order valence-corrected chi connectivity index (χ1v) is 10.1. The van der Waals surface area contributed by atoms with Gasteiger partial charge in [0.15, 0.2) is 0 Å². The van der Waals surface area contributed by atoms with Crippen molar-refractivity contribution in [2.45, 2.75) is 30.3 Å². The molecule has 0 radical (unpaired) electrons. The van der Waals surface area contributed by atoms with E-state index in [1.54, 1.807) is 6.92 Å². The predicted octanol–water partition coefficient (Wildman–Crippen LogP) is 2.82. The van der Waals surface area contributed by atoms with Gasteiger partial charge in [-0.2, -0.15) is 0 Å². The molecule has 94 valence electrons. The summed E-state index contributed by atoms with van der Waals surface area (Å²) in [6, 6.07) is 1.91. The molecule has 19 heavy (non-hydrogen) atoms. The summed E-state index contributed by atoms with van der Waals surface area (Å²) in [6.45, 7) is 3.48. The molecule has 0 N–H and O–H groups in total. The normalized spacial score (nSPS) is 17.6. The van der Waals surface area contributed by atoms with E-state index in [2.05, 4.69) is 0 Å². The van der Waals surface area contributed by atoms with E-state index in [0.29, 0.717) is 42.7 Å². The fourth-order valence-corrected chi connectivity index (χ4v) is 3.85. The first kappa shape index (κ1) is 13.1. The monoisotopic (exact) mass is 449 g/mol. The molecular formula is C14H12FHgO3+. The third-order valence-corrected chi connectivity index (χ3v) is 6.20. The van der Waals surface area contributed by atoms with Gasteiger partial charge in [-0.25, -0.2) is 0 Å². The van der Waals surface area contributed by atoms with Gasteiger partial charge in [-0.3, -0.25) is 0 Å². The average Bonchev–Trinajstić information content (AvgIpc) is 2.81. The van der Waals surface area contributed by atoms with Crippen molar-refractivity contribution in [2.75, 3.05) is 0 Å². The minimum atomic E-state index is -0.909. The molecule has 2 heterocycles. The molecule has 3 rings (SSSR count). The van der Waals surface area contributed by atoms with Crippen LogP contribution in [0, 0.1) is 19.7 Å². The SMILES string of the molecule is Cc1c(F)c(=O)oc2c(C)c3c(cc12)CC([CH2][Hg+])O3. The van der Waals surface area contributed by atoms with Crippen molar-refractivity contribution in [1.29, 1.82) is 0 Å². The fourth-order valence-electron chi connectivity index (χ4n) is 2.60. The second kappa shape index (κ2) is 4.58. The van der Waals surface area contributed by atoms with Crippen molar-refractivity contribution in [1.82, 2.24) is 0 Å². The van der Waals surface area contributed by atoms with Gasteiger partial charge in [0.05, 0.1) is 0 Å². The van der Waals surface area contributed by atoms with Crippen LogP contribution < -0.4 is 10.4 Å². The summed E-state index contributed by atoms with van der Waals surface area (Å²) in [5, 5.41) is 0.677. The van der Waals surface area contributed by atoms with E-state index >= 15 is 0 Å². The van der Waals surface area contributed by atoms with E-state index < -0.39 is 11.4 Å². The number of rotatable bonds is 1. The van der Waals surface area contributed by atoms with Crippen molar-refractivity contribution in [2.24, 2.45) is 0 Å². The van der Waals surface area contributed by atoms with Crippen LogP contribution in [0.25, 0.3) is 11.0 Å². The average molecular weight is 448 g/mol. The molecular weight excluding hydrogens is 436 g/mol. The van der Waals surface area contributed by atoms with Gasteiger partial charge in [-0.1, -0.05) is 0 Å². The van der Waals surface area contributed by atoms with E-state index in [1.165, 1.54) is 0 Å². The second-order valence-electron chi connectivity index (χ2n) is 4.93. The molecule has 1 aromatic heterocycles. The summed E-state index contributed by atoms with van der Waals surface area (Å²) in [5.41, 5.74) is 1.79. The zero-order valence-electron chi connectivity index (χ0n) is 10.9. The van der Waals surface area contributed by atoms with Crippen LogP contribution in [0.1, 0.15) is 16.7 Å². The Hall–Kier alpha value is -0.905. The Bertz CT molecular complexity index is 736. The van der Waals surface area contributed by atoms with Gasteiger partial charge in [0.1, 0.15) is 0 Å². The summed E-state index contributed by atoms with van der Waals surface area (Å²) in [5.74, 6) is 0.0188. The topological polar surface area (TPSA) is 39.4 Å². The van der Waals surface area contributed by atoms with Gasteiger partial charge in [0.25, 0.3) is 0 Å². The van der Waals surface area contributed by atoms with E-state index in [9.17, 15) is 9.18 Å². The van der Waals surface area contributed by atoms with Crippen molar-refractivity contribution in [3.05, 3.63) is 39.0 Å². The minimum absolute atomic E-state index is 0.241. The number of fused-ring (bicyclic) bond motifs is 2. The van der Waals surface area contributed by atoms with Crippen molar-refractivity contribution >= 4 is 11.0 Å². The molecule has 1 unspecified atom stereocenters. The van der Waals surface area contributed by atoms with Gasteiger partial charge in [-0.15, -0.1) is 0 Å². The quantitative estimate of drug-likeness (QED) is 0.498. The molecule has 0 aliphatic carbocycles. The Morgan fingerprint density at radius 2 is 2.16 bits per heavy atom. The van der Waals surface area contributed by atoms with E-state index in [-0.39, 0.29) is 6.10 Å². The molecule has 1 atom stereocenters. The maximum absolute atomic E-state index is 13.7. The van der Waals surface area contributed by atoms with Crippen LogP contribution in [0.2, 0.25) is 3.93 Å². The van der Waals surface area contributed by atoms with Crippen LogP contribution >= 0.6 is 0 Å². The maximum atomic E-state index is 13.7. The summed E-state index contributed by atoms with van der Waals surface area (Å²) >= 11 is 0.689. The summed E-state index contributed by atoms with van der Waals surface area (Å²) in [4.78, 5) is 11.5. The van der Waals surface area contributed by atoms with Gasteiger partial charge in [0, 0.05) is 0 Å². The predicted molar refractivity (Wildman–Crippen MR) is 64.8 cm³/mol. The van der Waals surface area contributed by atoms with E-state index in [0.717, 1.165) is 27.2 Å². The van der Waals surface area contributed by atoms with Crippen LogP contribution in [0.5, 0.6) is 5.75 Å². The third-order valence-electron chi connectivity index (χ3n) is 3.70.